The molecule has 0 saturated carbocycles. The van der Waals surface area contributed by atoms with Gasteiger partial charge >= 0.3 is 6.18 Å². The SMILES string of the molecule is N#Cc1ccccc1N=C(/C(N)=C\N)C(F)(F)F. The standard InChI is InChI=1S/C11H9F3N4/c12-11(13,14)10(8(17)6-16)18-9-4-2-1-3-7(9)5-15/h1-4,6H,16-17H2/b8-6+,18-10?. The van der Waals surface area contributed by atoms with Crippen molar-refractivity contribution in [2.24, 2.45) is 16.5 Å². The lowest BCUT2D eigenvalue weighted by Crippen LogP contribution is -2.29. The summed E-state index contributed by atoms with van der Waals surface area (Å²) in [4.78, 5) is 3.37. The predicted molar refractivity (Wildman–Crippen MR) is 60.8 cm³/mol. The first-order valence-electron chi connectivity index (χ1n) is 4.73. The molecule has 4 nitrogen and oxygen atoms in total. The second kappa shape index (κ2) is 5.23. The Morgan fingerprint density at radius 3 is 2.44 bits per heavy atom. The van der Waals surface area contributed by atoms with Crippen LogP contribution in [0.5, 0.6) is 0 Å². The number of nitrogens with zero attached hydrogens (tertiary/aromatic N) is 2. The van der Waals surface area contributed by atoms with E-state index in [4.69, 9.17) is 16.7 Å². The van der Waals surface area contributed by atoms with Crippen LogP contribution in [0.4, 0.5) is 18.9 Å². The largest absolute Gasteiger partial charge is 0.435 e. The highest BCUT2D eigenvalue weighted by Crippen LogP contribution is 2.25. The summed E-state index contributed by atoms with van der Waals surface area (Å²) in [6, 6.07) is 7.37. The van der Waals surface area contributed by atoms with E-state index in [2.05, 4.69) is 4.99 Å². The fraction of sp³-hybridized carbons (Fsp3) is 0.0909. The molecule has 18 heavy (non-hydrogen) atoms. The Morgan fingerprint density at radius 1 is 1.33 bits per heavy atom. The summed E-state index contributed by atoms with van der Waals surface area (Å²) in [7, 11) is 0. The van der Waals surface area contributed by atoms with Gasteiger partial charge in [-0.2, -0.15) is 18.4 Å². The van der Waals surface area contributed by atoms with Crippen molar-refractivity contribution in [1.29, 1.82) is 5.26 Å². The van der Waals surface area contributed by atoms with Gasteiger partial charge in [-0.05, 0) is 12.1 Å². The monoisotopic (exact) mass is 254 g/mol. The molecule has 0 aliphatic carbocycles. The normalized spacial score (nSPS) is 13.2. The van der Waals surface area contributed by atoms with Crippen LogP contribution in [-0.4, -0.2) is 11.9 Å². The number of allylic oxidation sites excluding steroid dienone is 1. The van der Waals surface area contributed by atoms with Gasteiger partial charge in [0.15, 0.2) is 5.71 Å². The average molecular weight is 254 g/mol. The molecule has 0 aromatic heterocycles. The van der Waals surface area contributed by atoms with Crippen molar-refractivity contribution >= 4 is 11.4 Å². The van der Waals surface area contributed by atoms with Crippen molar-refractivity contribution < 1.29 is 13.2 Å². The Labute approximate surface area is 101 Å². The van der Waals surface area contributed by atoms with Crippen LogP contribution < -0.4 is 11.5 Å². The van der Waals surface area contributed by atoms with Gasteiger partial charge in [-0.15, -0.1) is 0 Å². The summed E-state index contributed by atoms with van der Waals surface area (Å²) < 4.78 is 38.1. The van der Waals surface area contributed by atoms with Gasteiger partial charge in [-0.1, -0.05) is 12.1 Å². The van der Waals surface area contributed by atoms with Crippen LogP contribution in [0.15, 0.2) is 41.2 Å². The summed E-state index contributed by atoms with van der Waals surface area (Å²) in [5.74, 6) is 0. The van der Waals surface area contributed by atoms with Crippen LogP contribution in [0.1, 0.15) is 5.56 Å². The molecule has 0 atom stereocenters. The quantitative estimate of drug-likeness (QED) is 0.790. The van der Waals surface area contributed by atoms with Crippen LogP contribution >= 0.6 is 0 Å². The van der Waals surface area contributed by atoms with Crippen molar-refractivity contribution in [1.82, 2.24) is 0 Å². The highest BCUT2D eigenvalue weighted by atomic mass is 19.4. The third-order valence-corrected chi connectivity index (χ3v) is 1.98. The minimum atomic E-state index is -4.75. The van der Waals surface area contributed by atoms with Crippen LogP contribution in [0.25, 0.3) is 0 Å². The van der Waals surface area contributed by atoms with E-state index in [1.165, 1.54) is 24.3 Å². The van der Waals surface area contributed by atoms with Crippen molar-refractivity contribution in [3.05, 3.63) is 41.7 Å². The van der Waals surface area contributed by atoms with Crippen molar-refractivity contribution in [3.8, 4) is 6.07 Å². The number of aliphatic imine (C=N–C) groups is 1. The predicted octanol–water partition coefficient (Wildman–Crippen LogP) is 1.95. The molecule has 0 saturated heterocycles. The molecule has 1 aromatic carbocycles. The molecular weight excluding hydrogens is 245 g/mol. The summed E-state index contributed by atoms with van der Waals surface area (Å²) in [6.45, 7) is 0. The highest BCUT2D eigenvalue weighted by molar-refractivity contribution is 6.05. The first kappa shape index (κ1) is 13.6. The van der Waals surface area contributed by atoms with E-state index < -0.39 is 17.6 Å². The number of nitrogens with two attached hydrogens (primary N) is 2. The van der Waals surface area contributed by atoms with E-state index in [1.54, 1.807) is 6.07 Å². The Hall–Kier alpha value is -2.49. The Kier molecular flexibility index (Phi) is 3.94. The molecule has 0 aliphatic heterocycles. The molecule has 0 aliphatic rings. The van der Waals surface area contributed by atoms with E-state index in [0.29, 0.717) is 6.20 Å². The minimum absolute atomic E-state index is 0.0177. The molecule has 0 unspecified atom stereocenters. The first-order chi connectivity index (χ1) is 8.40. The number of hydrogen-bond donors (Lipinski definition) is 2. The lowest BCUT2D eigenvalue weighted by molar-refractivity contribution is -0.0582. The molecule has 0 heterocycles. The average Bonchev–Trinajstić information content (AvgIpc) is 2.34. The molecular formula is C11H9F3N4. The van der Waals surface area contributed by atoms with Gasteiger partial charge in [-0.3, -0.25) is 0 Å². The fourth-order valence-electron chi connectivity index (χ4n) is 1.16. The van der Waals surface area contributed by atoms with Gasteiger partial charge in [0, 0.05) is 6.20 Å². The van der Waals surface area contributed by atoms with Crippen molar-refractivity contribution in [3.63, 3.8) is 0 Å². The molecule has 7 heteroatoms. The van der Waals surface area contributed by atoms with E-state index in [1.807, 2.05) is 0 Å². The molecule has 0 radical (unpaired) electrons. The van der Waals surface area contributed by atoms with E-state index >= 15 is 0 Å². The van der Waals surface area contributed by atoms with E-state index in [9.17, 15) is 13.2 Å². The Balaban J connectivity index is 3.39. The number of hydrogen-bond acceptors (Lipinski definition) is 4. The van der Waals surface area contributed by atoms with Gasteiger partial charge in [0.1, 0.15) is 6.07 Å². The molecule has 1 aromatic rings. The van der Waals surface area contributed by atoms with Crippen LogP contribution in [0.3, 0.4) is 0 Å². The summed E-state index contributed by atoms with van der Waals surface area (Å²) >= 11 is 0. The fourth-order valence-corrected chi connectivity index (χ4v) is 1.16. The van der Waals surface area contributed by atoms with Gasteiger partial charge in [-0.25, -0.2) is 4.99 Å². The zero-order chi connectivity index (χ0) is 13.8. The minimum Gasteiger partial charge on any atom is -0.403 e. The third-order valence-electron chi connectivity index (χ3n) is 1.98. The second-order valence-corrected chi connectivity index (χ2v) is 3.21. The van der Waals surface area contributed by atoms with Crippen molar-refractivity contribution in [2.45, 2.75) is 6.18 Å². The molecule has 0 amide bonds. The summed E-state index contributed by atoms with van der Waals surface area (Å²) in [5.41, 5.74) is 7.98. The summed E-state index contributed by atoms with van der Waals surface area (Å²) in [6.07, 6.45) is -4.14. The third kappa shape index (κ3) is 3.01. The summed E-state index contributed by atoms with van der Waals surface area (Å²) in [5, 5.41) is 8.76. The molecule has 0 spiro atoms. The first-order valence-corrected chi connectivity index (χ1v) is 4.73. The zero-order valence-corrected chi connectivity index (χ0v) is 9.07. The molecule has 0 fully saturated rings. The number of alkyl halides is 3. The Bertz CT molecular complexity index is 538. The van der Waals surface area contributed by atoms with Crippen LogP contribution in [0, 0.1) is 11.3 Å². The van der Waals surface area contributed by atoms with Gasteiger partial charge < -0.3 is 11.5 Å². The molecule has 1 rings (SSSR count). The second-order valence-electron chi connectivity index (χ2n) is 3.21. The number of rotatable bonds is 2. The lowest BCUT2D eigenvalue weighted by atomic mass is 10.2. The lowest BCUT2D eigenvalue weighted by Gasteiger charge is -2.10. The number of halogens is 3. The van der Waals surface area contributed by atoms with Crippen LogP contribution in [0.2, 0.25) is 0 Å². The molecule has 0 bridgehead atoms. The molecule has 4 N–H and O–H groups in total. The zero-order valence-electron chi connectivity index (χ0n) is 9.07. The van der Waals surface area contributed by atoms with Gasteiger partial charge in [0.2, 0.25) is 0 Å². The number of nitriles is 1. The number of benzene rings is 1. The maximum Gasteiger partial charge on any atom is 0.435 e. The molecule has 94 valence electrons. The number of para-hydroxylation sites is 1. The maximum absolute atomic E-state index is 12.7. The smallest absolute Gasteiger partial charge is 0.403 e. The topological polar surface area (TPSA) is 88.2 Å². The van der Waals surface area contributed by atoms with E-state index in [-0.39, 0.29) is 11.3 Å². The van der Waals surface area contributed by atoms with Crippen molar-refractivity contribution in [2.75, 3.05) is 0 Å². The maximum atomic E-state index is 12.7. The van der Waals surface area contributed by atoms with E-state index in [0.717, 1.165) is 0 Å². The highest BCUT2D eigenvalue weighted by Gasteiger charge is 2.37. The Morgan fingerprint density at radius 2 is 1.94 bits per heavy atom. The van der Waals surface area contributed by atoms with Gasteiger partial charge in [0.05, 0.1) is 16.9 Å². The van der Waals surface area contributed by atoms with Crippen LogP contribution in [-0.2, 0) is 0 Å². The van der Waals surface area contributed by atoms with Gasteiger partial charge in [0.25, 0.3) is 0 Å².